The minimum Gasteiger partial charge on any atom is -0.355 e. The zero-order valence-electron chi connectivity index (χ0n) is 49.9. The molecule has 5 heteroatoms. The number of hydrogen-bond donors (Lipinski definition) is 1. The number of H-pyrrole nitrogens is 1. The highest BCUT2D eigenvalue weighted by molar-refractivity contribution is 9.10. The fourth-order valence-electron chi connectivity index (χ4n) is 18.4. The number of aromatic amines is 1. The van der Waals surface area contributed by atoms with Crippen molar-refractivity contribution in [3.8, 4) is 33.6 Å². The summed E-state index contributed by atoms with van der Waals surface area (Å²) in [6.45, 7) is 8.75. The molecule has 0 spiro atoms. The highest BCUT2D eigenvalue weighted by Gasteiger charge is 2.63. The van der Waals surface area contributed by atoms with Gasteiger partial charge in [-0.2, -0.15) is 0 Å². The van der Waals surface area contributed by atoms with Crippen molar-refractivity contribution in [3.63, 3.8) is 0 Å². The van der Waals surface area contributed by atoms with Gasteiger partial charge in [-0.05, 0) is 186 Å². The molecule has 1 N–H and O–H groups in total. The summed E-state index contributed by atoms with van der Waals surface area (Å²) in [5, 5.41) is 7.91. The van der Waals surface area contributed by atoms with Crippen LogP contribution in [-0.2, 0) is 21.7 Å². The van der Waals surface area contributed by atoms with Crippen molar-refractivity contribution in [2.45, 2.75) is 134 Å². The van der Waals surface area contributed by atoms with Crippen LogP contribution in [0.1, 0.15) is 134 Å². The summed E-state index contributed by atoms with van der Waals surface area (Å²) in [6.07, 6.45) is 16.0. The number of para-hydroxylation sites is 6. The predicted octanol–water partition coefficient (Wildman–Crippen LogP) is 24.2. The van der Waals surface area contributed by atoms with Crippen LogP contribution in [0.25, 0.3) is 99.0 Å². The predicted molar refractivity (Wildman–Crippen MR) is 378 cm³/mol. The summed E-state index contributed by atoms with van der Waals surface area (Å²) in [5.41, 5.74) is 24.1. The van der Waals surface area contributed by atoms with Gasteiger partial charge in [0, 0.05) is 85.3 Å². The van der Waals surface area contributed by atoms with Crippen molar-refractivity contribution in [2.75, 3.05) is 0 Å². The molecular weight excluding hydrogens is 1190 g/mol. The molecule has 0 bridgehead atoms. The molecule has 3 aromatic heterocycles. The minimum atomic E-state index is 0. The van der Waals surface area contributed by atoms with Crippen LogP contribution < -0.4 is 0 Å². The Balaban J connectivity index is 0.000000127. The van der Waals surface area contributed by atoms with Gasteiger partial charge >= 0.3 is 0 Å². The molecule has 434 valence electrons. The van der Waals surface area contributed by atoms with Crippen molar-refractivity contribution in [1.29, 1.82) is 0 Å². The Morgan fingerprint density at radius 2 is 0.575 bits per heavy atom. The second-order valence-electron chi connectivity index (χ2n) is 27.5. The first-order valence-corrected chi connectivity index (χ1v) is 33.3. The lowest BCUT2D eigenvalue weighted by atomic mass is 9.55. The highest BCUT2D eigenvalue weighted by Crippen LogP contribution is 2.71. The molecule has 13 aromatic rings. The van der Waals surface area contributed by atoms with Gasteiger partial charge in [0.15, 0.2) is 0 Å². The molecular formula is C82H77Br2N3. The lowest BCUT2D eigenvalue weighted by molar-refractivity contribution is 0.299. The van der Waals surface area contributed by atoms with Gasteiger partial charge in [-0.25, -0.2) is 0 Å². The molecule has 19 rings (SSSR count). The highest BCUT2D eigenvalue weighted by atomic mass is 79.9. The van der Waals surface area contributed by atoms with E-state index in [1.165, 1.54) is 185 Å². The summed E-state index contributed by atoms with van der Waals surface area (Å²) in [6, 6.07) is 81.2. The molecule has 0 saturated heterocycles. The van der Waals surface area contributed by atoms with E-state index >= 15 is 0 Å². The van der Waals surface area contributed by atoms with Crippen molar-refractivity contribution >= 4 is 97.3 Å². The van der Waals surface area contributed by atoms with Crippen LogP contribution in [0.2, 0.25) is 0 Å². The van der Waals surface area contributed by atoms with Crippen molar-refractivity contribution in [1.82, 2.24) is 14.1 Å². The van der Waals surface area contributed by atoms with Crippen LogP contribution >= 0.6 is 31.9 Å². The Morgan fingerprint density at radius 3 is 0.885 bits per heavy atom. The topological polar surface area (TPSA) is 25.6 Å². The van der Waals surface area contributed by atoms with Gasteiger partial charge in [-0.3, -0.25) is 0 Å². The first kappa shape index (κ1) is 56.1. The number of benzene rings is 10. The maximum Gasteiger partial charge on any atom is 0.0541 e. The van der Waals surface area contributed by atoms with Crippen LogP contribution in [-0.4, -0.2) is 14.1 Å². The Bertz CT molecular complexity index is 4420. The number of nitrogens with one attached hydrogen (secondary N) is 1. The van der Waals surface area contributed by atoms with E-state index in [4.69, 9.17) is 0 Å². The Morgan fingerprint density at radius 1 is 0.322 bits per heavy atom. The smallest absolute Gasteiger partial charge is 0.0541 e. The van der Waals surface area contributed by atoms with Crippen LogP contribution in [0, 0.1) is 5.41 Å². The van der Waals surface area contributed by atoms with Gasteiger partial charge in [0.2, 0.25) is 0 Å². The molecule has 0 unspecified atom stereocenters. The van der Waals surface area contributed by atoms with Crippen molar-refractivity contribution < 1.29 is 0 Å². The normalized spacial score (nSPS) is 21.7. The number of halogens is 2. The number of hydrogen-bond acceptors (Lipinski definition) is 0. The Hall–Kier alpha value is -7.44. The molecule has 87 heavy (non-hydrogen) atoms. The van der Waals surface area contributed by atoms with Crippen molar-refractivity contribution in [3.05, 3.63) is 250 Å². The molecule has 3 heterocycles. The van der Waals surface area contributed by atoms with E-state index in [9.17, 15) is 0 Å². The maximum absolute atomic E-state index is 3.72. The van der Waals surface area contributed by atoms with Gasteiger partial charge in [0.25, 0.3) is 0 Å². The zero-order valence-corrected chi connectivity index (χ0v) is 53.1. The summed E-state index contributed by atoms with van der Waals surface area (Å²) in [4.78, 5) is 3.38. The molecule has 6 aliphatic rings. The van der Waals surface area contributed by atoms with Crippen LogP contribution in [0.15, 0.2) is 227 Å². The van der Waals surface area contributed by atoms with Gasteiger partial charge < -0.3 is 14.1 Å². The van der Waals surface area contributed by atoms with Gasteiger partial charge in [-0.1, -0.05) is 226 Å². The van der Waals surface area contributed by atoms with E-state index in [1.54, 1.807) is 22.3 Å². The molecule has 6 aliphatic carbocycles. The third kappa shape index (κ3) is 8.51. The first-order valence-electron chi connectivity index (χ1n) is 31.7. The summed E-state index contributed by atoms with van der Waals surface area (Å²) in [7, 11) is 0. The number of nitrogens with zero attached hydrogens (tertiary/aromatic N) is 2. The van der Waals surface area contributed by atoms with E-state index in [2.05, 4.69) is 292 Å². The molecule has 3 nitrogen and oxygen atoms in total. The molecule has 0 amide bonds. The molecule has 0 radical (unpaired) electrons. The van der Waals surface area contributed by atoms with Gasteiger partial charge in [-0.15, -0.1) is 0 Å². The average Bonchev–Trinajstić information content (AvgIpc) is 1.76. The second kappa shape index (κ2) is 21.1. The van der Waals surface area contributed by atoms with Crippen LogP contribution in [0.3, 0.4) is 0 Å². The lowest BCUT2D eigenvalue weighted by Gasteiger charge is -2.48. The minimum absolute atomic E-state index is 0. The fourth-order valence-corrected chi connectivity index (χ4v) is 19.1. The lowest BCUT2D eigenvalue weighted by Crippen LogP contribution is -2.43. The fraction of sp³-hybridized carbons (Fsp3) is 0.268. The molecule has 4 saturated carbocycles. The van der Waals surface area contributed by atoms with E-state index in [0.29, 0.717) is 16.2 Å². The second-order valence-corrected chi connectivity index (χ2v) is 29.4. The van der Waals surface area contributed by atoms with Gasteiger partial charge in [0.05, 0.1) is 22.1 Å². The zero-order chi connectivity index (χ0) is 58.2. The quantitative estimate of drug-likeness (QED) is 0.179. The number of rotatable bonds is 2. The summed E-state index contributed by atoms with van der Waals surface area (Å²) < 4.78 is 7.48. The monoisotopic (exact) mass is 1260 g/mol. The molecule has 0 aliphatic heterocycles. The molecule has 10 aromatic carbocycles. The molecule has 4 fully saturated rings. The largest absolute Gasteiger partial charge is 0.355 e. The van der Waals surface area contributed by atoms with E-state index < -0.39 is 0 Å². The third-order valence-electron chi connectivity index (χ3n) is 21.4. The summed E-state index contributed by atoms with van der Waals surface area (Å²) >= 11 is 7.45. The molecule has 0 atom stereocenters. The standard InChI is InChI=1S/C44H34N2.C20H18Br2.C12H9N.C5H12.CH4/c1-5-15-39-33(11-1)34-12-2-6-16-40(34)45(39)29-19-21-31-32-22-20-30(46-41-17-7-3-13-35(41)36-14-4-8-18-42(36)46)28-38(32)44-25-9-23-43(44,24-10-26-44)37(31)27-29;21-13-3-5-15-16-6-4-14(22)12-18(16)20-8-1-7-19(20,9-2-10-20)17(15)11-13;1-3-7-11-9(5-1)10-6-2-4-8-12(10)13-11;1-5(2,3)4;/h1-8,11-22,27-28H,9-10,23-26H2;3-6,11-12H,1-2,7-10H2;1-8,13H;1-4H3;1H4. The Labute approximate surface area is 530 Å². The van der Waals surface area contributed by atoms with Crippen molar-refractivity contribution in [2.24, 2.45) is 5.41 Å². The maximum atomic E-state index is 3.72. The summed E-state index contributed by atoms with van der Waals surface area (Å²) in [5.74, 6) is 0. The van der Waals surface area contributed by atoms with Crippen LogP contribution in [0.5, 0.6) is 0 Å². The SMILES string of the molecule is Brc1ccc2c(c1)C13CCCC1(CCC3)c1cc(Br)ccc1-2.C.CC(C)(C)C.c1ccc2c(c1)[nH]c1ccccc12.c1ccc2c(c1)c1ccccc1n2-c1ccc2c(c1)C13CCCC1(CCC3)c1cc(-n3c4ccccc4c4ccccc43)ccc1-2. The Kier molecular flexibility index (Phi) is 13.6. The van der Waals surface area contributed by atoms with Gasteiger partial charge in [0.1, 0.15) is 0 Å². The average molecular weight is 1260 g/mol. The van der Waals surface area contributed by atoms with E-state index in [-0.39, 0.29) is 18.3 Å². The first-order chi connectivity index (χ1) is 41.9. The third-order valence-corrected chi connectivity index (χ3v) is 22.3. The van der Waals surface area contributed by atoms with Crippen LogP contribution in [0.4, 0.5) is 0 Å². The van der Waals surface area contributed by atoms with E-state index in [1.807, 2.05) is 0 Å². The number of fused-ring (bicyclic) bond motifs is 15. The number of aromatic nitrogens is 3. The van der Waals surface area contributed by atoms with E-state index in [0.717, 1.165) is 0 Å².